The number of H-pyrrole nitrogens is 1. The lowest BCUT2D eigenvalue weighted by molar-refractivity contribution is -0.139. The highest BCUT2D eigenvalue weighted by Gasteiger charge is 2.21. The third kappa shape index (κ3) is 14.5. The molecule has 7 N–H and O–H groups in total. The number of rotatable bonds is 24. The lowest BCUT2D eigenvalue weighted by atomic mass is 10.1. The van der Waals surface area contributed by atoms with E-state index in [2.05, 4.69) is 45.9 Å². The molecular weight excluding hydrogens is 646 g/mol. The predicted octanol–water partition coefficient (Wildman–Crippen LogP) is 0.364. The summed E-state index contributed by atoms with van der Waals surface area (Å²) in [5.74, 6) is -2.31. The second-order valence-corrected chi connectivity index (χ2v) is 10.1. The van der Waals surface area contributed by atoms with E-state index in [1.54, 1.807) is 12.1 Å². The van der Waals surface area contributed by atoms with Crippen molar-refractivity contribution in [1.82, 2.24) is 30.6 Å². The predicted molar refractivity (Wildman–Crippen MR) is 175 cm³/mol. The third-order valence-corrected chi connectivity index (χ3v) is 6.45. The molecule has 0 radical (unpaired) electrons. The second kappa shape index (κ2) is 21.5. The van der Waals surface area contributed by atoms with Crippen LogP contribution in [0.15, 0.2) is 40.4 Å². The van der Waals surface area contributed by atoms with Gasteiger partial charge in [0.2, 0.25) is 11.9 Å². The molecule has 0 bridgehead atoms. The molecule has 1 aromatic carbocycles. The Morgan fingerprint density at radius 2 is 1.63 bits per heavy atom. The first-order valence-electron chi connectivity index (χ1n) is 15.2. The molecule has 0 fully saturated rings. The number of aliphatic carboxylic acids is 1. The Labute approximate surface area is 279 Å². The van der Waals surface area contributed by atoms with Crippen LogP contribution in [-0.2, 0) is 35.1 Å². The van der Waals surface area contributed by atoms with Crippen molar-refractivity contribution in [3.63, 3.8) is 0 Å². The number of nitrogen functional groups attached to an aromatic ring is 1. The highest BCUT2D eigenvalue weighted by molar-refractivity contribution is 5.97. The highest BCUT2D eigenvalue weighted by Crippen LogP contribution is 2.12. The molecule has 49 heavy (non-hydrogen) atoms. The minimum atomic E-state index is -1.27. The molecule has 264 valence electrons. The number of aromatic nitrogens is 4. The summed E-state index contributed by atoms with van der Waals surface area (Å²) in [4.78, 5) is 65.9. The Bertz CT molecular complexity index is 1620. The van der Waals surface area contributed by atoms with Crippen molar-refractivity contribution in [3.05, 3.63) is 62.5 Å². The van der Waals surface area contributed by atoms with E-state index in [0.29, 0.717) is 57.6 Å². The van der Waals surface area contributed by atoms with Crippen molar-refractivity contribution in [1.29, 1.82) is 0 Å². The van der Waals surface area contributed by atoms with Crippen LogP contribution in [0.4, 0.5) is 11.6 Å². The van der Waals surface area contributed by atoms with E-state index in [9.17, 15) is 24.3 Å². The molecule has 0 aliphatic rings. The largest absolute Gasteiger partial charge is 0.480 e. The molecule has 2 aromatic heterocycles. The molecule has 0 aliphatic heterocycles. The van der Waals surface area contributed by atoms with Gasteiger partial charge in [-0.3, -0.25) is 19.4 Å². The van der Waals surface area contributed by atoms with E-state index in [1.807, 2.05) is 0 Å². The Hall–Kier alpha value is -5.40. The van der Waals surface area contributed by atoms with Crippen LogP contribution >= 0.6 is 0 Å². The highest BCUT2D eigenvalue weighted by atomic mass is 16.6. The van der Waals surface area contributed by atoms with Gasteiger partial charge in [0.1, 0.15) is 6.04 Å². The molecule has 0 saturated heterocycles. The average Bonchev–Trinajstić information content (AvgIpc) is 3.09. The normalized spacial score (nSPS) is 11.4. The molecule has 0 unspecified atom stereocenters. The fourth-order valence-electron chi connectivity index (χ4n) is 4.03. The van der Waals surface area contributed by atoms with E-state index in [0.717, 1.165) is 0 Å². The van der Waals surface area contributed by atoms with E-state index in [4.69, 9.17) is 30.2 Å². The molecule has 0 saturated carbocycles. The lowest BCUT2D eigenvalue weighted by Gasteiger charge is -2.15. The quantitative estimate of drug-likeness (QED) is 0.0321. The van der Waals surface area contributed by atoms with Gasteiger partial charge >= 0.3 is 5.97 Å². The van der Waals surface area contributed by atoms with Gasteiger partial charge in [-0.15, -0.1) is 0 Å². The van der Waals surface area contributed by atoms with Crippen LogP contribution in [0.3, 0.4) is 0 Å². The Balaban J connectivity index is 1.26. The van der Waals surface area contributed by atoms with Crippen LogP contribution in [0, 0.1) is 0 Å². The van der Waals surface area contributed by atoms with Crippen molar-refractivity contribution >= 4 is 40.6 Å². The van der Waals surface area contributed by atoms with Crippen LogP contribution in [-0.4, -0.2) is 115 Å². The van der Waals surface area contributed by atoms with Crippen LogP contribution < -0.4 is 27.2 Å². The summed E-state index contributed by atoms with van der Waals surface area (Å²) in [6.07, 6.45) is 1.23. The van der Waals surface area contributed by atoms with E-state index in [1.165, 1.54) is 18.3 Å². The first-order valence-corrected chi connectivity index (χ1v) is 15.2. The number of amides is 2. The maximum absolute atomic E-state index is 12.7. The Morgan fingerprint density at radius 1 is 0.980 bits per heavy atom. The number of nitrogens with one attached hydrogen (secondary N) is 4. The summed E-state index contributed by atoms with van der Waals surface area (Å²) in [5, 5.41) is 21.1. The molecule has 20 heteroatoms. The van der Waals surface area contributed by atoms with Crippen molar-refractivity contribution < 1.29 is 38.4 Å². The van der Waals surface area contributed by atoms with Gasteiger partial charge in [0, 0.05) is 35.7 Å². The zero-order valence-electron chi connectivity index (χ0n) is 26.6. The minimum Gasteiger partial charge on any atom is -0.480 e. The Morgan fingerprint density at radius 3 is 2.29 bits per heavy atom. The first kappa shape index (κ1) is 38.1. The molecule has 2 amide bonds. The molecule has 20 nitrogen and oxygen atoms in total. The maximum atomic E-state index is 12.7. The molecule has 2 heterocycles. The minimum absolute atomic E-state index is 0.0531. The summed E-state index contributed by atoms with van der Waals surface area (Å²) in [6.45, 7) is 3.54. The lowest BCUT2D eigenvalue weighted by Crippen LogP contribution is -2.41. The van der Waals surface area contributed by atoms with Crippen LogP contribution in [0.5, 0.6) is 0 Å². The number of ether oxygens (including phenoxy) is 4. The van der Waals surface area contributed by atoms with Crippen molar-refractivity contribution in [2.45, 2.75) is 25.4 Å². The number of anilines is 2. The van der Waals surface area contributed by atoms with Gasteiger partial charge in [-0.2, -0.15) is 4.98 Å². The second-order valence-electron chi connectivity index (χ2n) is 10.1. The summed E-state index contributed by atoms with van der Waals surface area (Å²) in [7, 11) is 0. The van der Waals surface area contributed by atoms with Gasteiger partial charge in [0.15, 0.2) is 11.2 Å². The fraction of sp³-hybridized carbons (Fsp3) is 0.483. The van der Waals surface area contributed by atoms with E-state index < -0.39 is 23.5 Å². The molecule has 3 aromatic rings. The number of benzene rings is 1. The molecule has 0 aliphatic carbocycles. The number of carbonyl (C=O) groups excluding carboxylic acids is 2. The van der Waals surface area contributed by atoms with Crippen LogP contribution in [0.1, 0.15) is 28.9 Å². The topological polar surface area (TPSA) is 291 Å². The van der Waals surface area contributed by atoms with Gasteiger partial charge in [0.05, 0.1) is 71.3 Å². The third-order valence-electron chi connectivity index (χ3n) is 6.45. The van der Waals surface area contributed by atoms with Gasteiger partial charge < -0.3 is 45.7 Å². The molecule has 0 spiro atoms. The van der Waals surface area contributed by atoms with Gasteiger partial charge in [-0.1, -0.05) is 5.11 Å². The number of hydrogen-bond donors (Lipinski definition) is 6. The summed E-state index contributed by atoms with van der Waals surface area (Å²) < 4.78 is 21.3. The monoisotopic (exact) mass is 685 g/mol. The number of fused-ring (bicyclic) bond motifs is 1. The number of aromatic amines is 1. The standard InChI is InChI=1S/C29H39N11O9/c30-29-38-25-24(27(43)39-29)36-21(18-34-25)17-33-20-3-1-19(2-4-20)26(42)37-22(28(44)45)5-6-23(41)32-7-9-46-11-13-48-15-16-49-14-12-47-10-8-35-40-31/h1-4,18,22,33H,5-17H2,(H,32,41)(H,37,42)(H,44,45)(H3,30,34,38,39,43)/t22-/m1/s1. The van der Waals surface area contributed by atoms with Gasteiger partial charge in [-0.05, 0) is 36.2 Å². The summed E-state index contributed by atoms with van der Waals surface area (Å²) >= 11 is 0. The van der Waals surface area contributed by atoms with Crippen LogP contribution in [0.25, 0.3) is 21.6 Å². The SMILES string of the molecule is [N-]=[N+]=NCCOCCOCCOCCOCCNC(=O)CC[C@@H](NC(=O)c1ccc(NCc2cnc3nc(N)[nH]c(=O)c3n2)cc1)C(=O)O. The summed E-state index contributed by atoms with van der Waals surface area (Å²) in [5.41, 5.74) is 14.7. The maximum Gasteiger partial charge on any atom is 0.326 e. The number of azide groups is 1. The smallest absolute Gasteiger partial charge is 0.326 e. The van der Waals surface area contributed by atoms with Gasteiger partial charge in [-0.25, -0.2) is 14.8 Å². The van der Waals surface area contributed by atoms with Gasteiger partial charge in [0.25, 0.3) is 11.5 Å². The zero-order chi connectivity index (χ0) is 35.3. The zero-order valence-corrected chi connectivity index (χ0v) is 26.6. The first-order chi connectivity index (χ1) is 23.8. The van der Waals surface area contributed by atoms with E-state index in [-0.39, 0.29) is 67.7 Å². The number of nitrogens with zero attached hydrogens (tertiary/aromatic N) is 6. The fourth-order valence-corrected chi connectivity index (χ4v) is 4.03. The van der Waals surface area contributed by atoms with E-state index >= 15 is 0 Å². The summed E-state index contributed by atoms with van der Waals surface area (Å²) in [6, 6.07) is 5.01. The molecule has 1 atom stereocenters. The molecule has 3 rings (SSSR count). The van der Waals surface area contributed by atoms with Crippen molar-refractivity contribution in [2.24, 2.45) is 5.11 Å². The molecular formula is C29H39N11O9. The van der Waals surface area contributed by atoms with Crippen molar-refractivity contribution in [2.75, 3.05) is 77.0 Å². The van der Waals surface area contributed by atoms with Crippen LogP contribution in [0.2, 0.25) is 0 Å². The number of nitrogens with two attached hydrogens (primary N) is 1. The van der Waals surface area contributed by atoms with Crippen molar-refractivity contribution in [3.8, 4) is 0 Å². The number of carboxylic acid groups (broad SMARTS) is 1. The number of carboxylic acids is 1. The number of carbonyl (C=O) groups is 3. The average molecular weight is 686 g/mol. The Kier molecular flexibility index (Phi) is 16.7. The number of hydrogen-bond acceptors (Lipinski definition) is 14.